The van der Waals surface area contributed by atoms with Gasteiger partial charge >= 0.3 is 0 Å². The first-order chi connectivity index (χ1) is 13.7. The molecule has 2 heterocycles. The van der Waals surface area contributed by atoms with E-state index in [2.05, 4.69) is 10.4 Å². The van der Waals surface area contributed by atoms with Crippen LogP contribution in [0.25, 0.3) is 5.69 Å². The van der Waals surface area contributed by atoms with E-state index in [0.717, 1.165) is 12.1 Å². The monoisotopic (exact) mass is 428 g/mol. The molecule has 29 heavy (non-hydrogen) atoms. The molecule has 0 radical (unpaired) electrons. The molecule has 0 saturated carbocycles. The fourth-order valence-corrected chi connectivity index (χ4v) is 4.52. The van der Waals surface area contributed by atoms with Crippen molar-refractivity contribution in [3.8, 4) is 5.69 Å². The average molecular weight is 428 g/mol. The molecule has 158 valence electrons. The summed E-state index contributed by atoms with van der Waals surface area (Å²) in [5, 5.41) is 6.76. The van der Waals surface area contributed by atoms with Crippen molar-refractivity contribution in [2.45, 2.75) is 13.8 Å². The van der Waals surface area contributed by atoms with Crippen LogP contribution in [-0.2, 0) is 14.8 Å². The van der Waals surface area contributed by atoms with E-state index in [0.29, 0.717) is 37.7 Å². The lowest BCUT2D eigenvalue weighted by Gasteiger charge is -2.26. The maximum atomic E-state index is 14.1. The number of nitrogens with one attached hydrogen (secondary N) is 1. The number of aromatic nitrogens is 2. The van der Waals surface area contributed by atoms with Gasteiger partial charge in [0.1, 0.15) is 11.5 Å². The van der Waals surface area contributed by atoms with Crippen LogP contribution in [-0.4, -0.2) is 67.0 Å². The Balaban J connectivity index is 1.71. The number of sulfonamides is 1. The van der Waals surface area contributed by atoms with Gasteiger partial charge in [-0.15, -0.1) is 0 Å². The van der Waals surface area contributed by atoms with Crippen LogP contribution in [0, 0.1) is 25.5 Å². The fraction of sp³-hybridized carbons (Fsp3) is 0.444. The van der Waals surface area contributed by atoms with Gasteiger partial charge < -0.3 is 10.1 Å². The Morgan fingerprint density at radius 1 is 1.24 bits per heavy atom. The largest absolute Gasteiger partial charge is 0.379 e. The number of morpholine rings is 1. The Labute approximate surface area is 167 Å². The molecule has 1 fully saturated rings. The SMILES string of the molecule is Cc1nn(-c2ccc(F)cc2F)c(C)c1C(=O)NCCS(=O)(=O)N1CCOCC1. The summed E-state index contributed by atoms with van der Waals surface area (Å²) in [6.45, 7) is 4.39. The van der Waals surface area contributed by atoms with Crippen molar-refractivity contribution < 1.29 is 26.7 Å². The van der Waals surface area contributed by atoms with E-state index in [-0.39, 0.29) is 23.5 Å². The standard InChI is InChI=1S/C18H22F2N4O4S/c1-12-17(13(2)24(22-12)16-4-3-14(19)11-15(16)20)18(25)21-5-10-29(26,27)23-6-8-28-9-7-23/h3-4,11H,5-10H2,1-2H3,(H,21,25). The van der Waals surface area contributed by atoms with E-state index >= 15 is 0 Å². The lowest BCUT2D eigenvalue weighted by atomic mass is 10.2. The second-order valence-corrected chi connectivity index (χ2v) is 8.73. The molecule has 1 aromatic carbocycles. The minimum atomic E-state index is -3.50. The minimum absolute atomic E-state index is 0.0148. The van der Waals surface area contributed by atoms with Crippen LogP contribution in [0.2, 0.25) is 0 Å². The zero-order chi connectivity index (χ0) is 21.2. The van der Waals surface area contributed by atoms with Crippen LogP contribution < -0.4 is 5.32 Å². The third-order valence-corrected chi connectivity index (χ3v) is 6.54. The third kappa shape index (κ3) is 4.62. The Bertz CT molecular complexity index is 1020. The molecular formula is C18H22F2N4O4S. The van der Waals surface area contributed by atoms with E-state index in [9.17, 15) is 22.0 Å². The van der Waals surface area contributed by atoms with Gasteiger partial charge in [-0.1, -0.05) is 0 Å². The molecule has 2 aromatic rings. The smallest absolute Gasteiger partial charge is 0.255 e. The summed E-state index contributed by atoms with van der Waals surface area (Å²) in [5.41, 5.74) is 0.944. The van der Waals surface area contributed by atoms with Gasteiger partial charge in [-0.2, -0.15) is 9.40 Å². The summed E-state index contributed by atoms with van der Waals surface area (Å²) < 4.78 is 59.6. The zero-order valence-electron chi connectivity index (χ0n) is 16.1. The van der Waals surface area contributed by atoms with E-state index < -0.39 is 27.6 Å². The second kappa shape index (κ2) is 8.56. The fourth-order valence-electron chi connectivity index (χ4n) is 3.19. The lowest BCUT2D eigenvalue weighted by molar-refractivity contribution is 0.0730. The topological polar surface area (TPSA) is 93.5 Å². The summed E-state index contributed by atoms with van der Waals surface area (Å²) >= 11 is 0. The van der Waals surface area contributed by atoms with Crippen molar-refractivity contribution in [2.75, 3.05) is 38.6 Å². The van der Waals surface area contributed by atoms with Crippen LogP contribution in [0.5, 0.6) is 0 Å². The quantitative estimate of drug-likeness (QED) is 0.745. The molecule has 1 aliphatic heterocycles. The molecule has 3 rings (SSSR count). The molecule has 1 N–H and O–H groups in total. The lowest BCUT2D eigenvalue weighted by Crippen LogP contribution is -2.43. The van der Waals surface area contributed by atoms with Gasteiger partial charge in [0, 0.05) is 25.7 Å². The van der Waals surface area contributed by atoms with Gasteiger partial charge in [0.2, 0.25) is 10.0 Å². The number of hydrogen-bond donors (Lipinski definition) is 1. The van der Waals surface area contributed by atoms with Crippen LogP contribution in [0.3, 0.4) is 0 Å². The number of nitrogens with zero attached hydrogens (tertiary/aromatic N) is 3. The van der Waals surface area contributed by atoms with Crippen LogP contribution in [0.4, 0.5) is 8.78 Å². The normalized spacial score (nSPS) is 15.4. The van der Waals surface area contributed by atoms with Gasteiger partial charge in [-0.3, -0.25) is 4.79 Å². The van der Waals surface area contributed by atoms with Crippen molar-refractivity contribution in [3.05, 3.63) is 46.8 Å². The highest BCUT2D eigenvalue weighted by molar-refractivity contribution is 7.89. The highest BCUT2D eigenvalue weighted by Gasteiger charge is 2.25. The molecule has 0 unspecified atom stereocenters. The molecule has 1 aliphatic rings. The number of benzene rings is 1. The average Bonchev–Trinajstić information content (AvgIpc) is 2.96. The van der Waals surface area contributed by atoms with E-state index in [1.165, 1.54) is 15.1 Å². The first kappa shape index (κ1) is 21.3. The van der Waals surface area contributed by atoms with Gasteiger partial charge in [-0.25, -0.2) is 21.9 Å². The Hall–Kier alpha value is -2.37. The van der Waals surface area contributed by atoms with Crippen LogP contribution in [0.1, 0.15) is 21.7 Å². The summed E-state index contributed by atoms with van der Waals surface area (Å²) in [6.07, 6.45) is 0. The Morgan fingerprint density at radius 3 is 2.59 bits per heavy atom. The highest BCUT2D eigenvalue weighted by atomic mass is 32.2. The minimum Gasteiger partial charge on any atom is -0.379 e. The number of carbonyl (C=O) groups excluding carboxylic acids is 1. The first-order valence-electron chi connectivity index (χ1n) is 9.06. The summed E-state index contributed by atoms with van der Waals surface area (Å²) in [4.78, 5) is 12.6. The molecule has 11 heteroatoms. The number of rotatable bonds is 6. The zero-order valence-corrected chi connectivity index (χ0v) is 16.9. The highest BCUT2D eigenvalue weighted by Crippen LogP contribution is 2.20. The molecule has 1 amide bonds. The van der Waals surface area contributed by atoms with E-state index in [1.54, 1.807) is 13.8 Å². The number of ether oxygens (including phenoxy) is 1. The molecule has 0 spiro atoms. The number of aryl methyl sites for hydroxylation is 1. The first-order valence-corrected chi connectivity index (χ1v) is 10.7. The number of amides is 1. The van der Waals surface area contributed by atoms with Gasteiger partial charge in [0.15, 0.2) is 5.82 Å². The number of halogens is 2. The second-order valence-electron chi connectivity index (χ2n) is 6.64. The van der Waals surface area contributed by atoms with Crippen LogP contribution in [0.15, 0.2) is 18.2 Å². The molecule has 0 atom stereocenters. The molecule has 0 aliphatic carbocycles. The Kier molecular flexibility index (Phi) is 6.30. The summed E-state index contributed by atoms with van der Waals surface area (Å²) in [5.74, 6) is -2.27. The van der Waals surface area contributed by atoms with E-state index in [4.69, 9.17) is 4.74 Å². The predicted molar refractivity (Wildman–Crippen MR) is 101 cm³/mol. The molecule has 8 nitrogen and oxygen atoms in total. The summed E-state index contributed by atoms with van der Waals surface area (Å²) in [7, 11) is -3.50. The van der Waals surface area contributed by atoms with E-state index in [1.807, 2.05) is 0 Å². The van der Waals surface area contributed by atoms with Crippen LogP contribution >= 0.6 is 0 Å². The predicted octanol–water partition coefficient (Wildman–Crippen LogP) is 1.16. The van der Waals surface area contributed by atoms with Crippen molar-refractivity contribution in [2.24, 2.45) is 0 Å². The van der Waals surface area contributed by atoms with Crippen molar-refractivity contribution in [1.82, 2.24) is 19.4 Å². The maximum Gasteiger partial charge on any atom is 0.255 e. The van der Waals surface area contributed by atoms with Gasteiger partial charge in [0.05, 0.1) is 35.9 Å². The third-order valence-electron chi connectivity index (χ3n) is 4.67. The van der Waals surface area contributed by atoms with Gasteiger partial charge in [-0.05, 0) is 26.0 Å². The number of carbonyl (C=O) groups is 1. The molecule has 1 aromatic heterocycles. The van der Waals surface area contributed by atoms with Gasteiger partial charge in [0.25, 0.3) is 5.91 Å². The molecule has 1 saturated heterocycles. The van der Waals surface area contributed by atoms with Crippen molar-refractivity contribution in [3.63, 3.8) is 0 Å². The van der Waals surface area contributed by atoms with Crippen molar-refractivity contribution >= 4 is 15.9 Å². The maximum absolute atomic E-state index is 14.1. The van der Waals surface area contributed by atoms with Crippen molar-refractivity contribution in [1.29, 1.82) is 0 Å². The Morgan fingerprint density at radius 2 is 1.93 bits per heavy atom. The molecule has 0 bridgehead atoms. The molecular weight excluding hydrogens is 406 g/mol. The summed E-state index contributed by atoms with van der Waals surface area (Å²) in [6, 6.07) is 3.08. The number of hydrogen-bond acceptors (Lipinski definition) is 5.